The van der Waals surface area contributed by atoms with Crippen LogP contribution >= 0.6 is 11.6 Å². The highest BCUT2D eigenvalue weighted by molar-refractivity contribution is 7.91. The van der Waals surface area contributed by atoms with Crippen molar-refractivity contribution in [2.24, 2.45) is 0 Å². The first-order valence-electron chi connectivity index (χ1n) is 5.07. The quantitative estimate of drug-likeness (QED) is 0.800. The van der Waals surface area contributed by atoms with Crippen molar-refractivity contribution in [2.45, 2.75) is 11.9 Å². The Morgan fingerprint density at radius 1 is 1.18 bits per heavy atom. The normalized spacial score (nSPS) is 11.9. The summed E-state index contributed by atoms with van der Waals surface area (Å²) in [5.41, 5.74) is 1.68. The van der Waals surface area contributed by atoms with Crippen molar-refractivity contribution in [1.29, 1.82) is 0 Å². The zero-order valence-corrected chi connectivity index (χ0v) is 10.8. The Morgan fingerprint density at radius 3 is 2.35 bits per heavy atom. The van der Waals surface area contributed by atoms with E-state index in [0.29, 0.717) is 16.7 Å². The summed E-state index contributed by atoms with van der Waals surface area (Å²) < 4.78 is 23.8. The third kappa shape index (κ3) is 2.40. The maximum absolute atomic E-state index is 11.9. The van der Waals surface area contributed by atoms with Crippen molar-refractivity contribution in [3.05, 3.63) is 30.0 Å². The first-order valence-corrected chi connectivity index (χ1v) is 7.25. The second-order valence-corrected chi connectivity index (χ2v) is 6.01. The Hall–Kier alpha value is -1.20. The molecule has 0 atom stereocenters. The molecule has 4 nitrogen and oxygen atoms in total. The van der Waals surface area contributed by atoms with Gasteiger partial charge in [0.15, 0.2) is 14.9 Å². The zero-order valence-electron chi connectivity index (χ0n) is 9.22. The molecule has 2 rings (SSSR count). The Balaban J connectivity index is 2.67. The number of hydrogen-bond donors (Lipinski definition) is 0. The summed E-state index contributed by atoms with van der Waals surface area (Å²) >= 11 is 5.48. The number of aryl methyl sites for hydroxylation is 1. The number of alkyl halides is 1. The molecule has 0 saturated heterocycles. The van der Waals surface area contributed by atoms with Crippen LogP contribution in [0.25, 0.3) is 11.0 Å². The molecule has 0 unspecified atom stereocenters. The lowest BCUT2D eigenvalue weighted by molar-refractivity contribution is 0.592. The van der Waals surface area contributed by atoms with Crippen LogP contribution in [-0.2, 0) is 9.84 Å². The molecular weight excluding hydrogens is 260 g/mol. The first kappa shape index (κ1) is 12.3. The summed E-state index contributed by atoms with van der Waals surface area (Å²) in [7, 11) is -3.44. The smallest absolute Gasteiger partial charge is 0.198 e. The van der Waals surface area contributed by atoms with Gasteiger partial charge in [-0.3, -0.25) is 0 Å². The van der Waals surface area contributed by atoms with E-state index >= 15 is 0 Å². The van der Waals surface area contributed by atoms with Gasteiger partial charge in [0.25, 0.3) is 0 Å². The van der Waals surface area contributed by atoms with Crippen LogP contribution < -0.4 is 0 Å². The summed E-state index contributed by atoms with van der Waals surface area (Å²) in [6.45, 7) is 1.64. The number of hydrogen-bond acceptors (Lipinski definition) is 4. The minimum absolute atomic E-state index is 0.0249. The predicted octanol–water partition coefficient (Wildman–Crippen LogP) is 1.95. The number of para-hydroxylation sites is 2. The van der Waals surface area contributed by atoms with Crippen LogP contribution in [0.15, 0.2) is 29.3 Å². The Labute approximate surface area is 105 Å². The highest BCUT2D eigenvalue weighted by Crippen LogP contribution is 2.17. The number of aromatic nitrogens is 2. The Morgan fingerprint density at radius 2 is 1.76 bits per heavy atom. The summed E-state index contributed by atoms with van der Waals surface area (Å²) in [5, 5.41) is 0.0249. The summed E-state index contributed by atoms with van der Waals surface area (Å²) in [5.74, 6) is -0.0707. The molecule has 6 heteroatoms. The van der Waals surface area contributed by atoms with Crippen LogP contribution in [0.1, 0.15) is 5.69 Å². The lowest BCUT2D eigenvalue weighted by Crippen LogP contribution is -2.12. The molecule has 0 spiro atoms. The van der Waals surface area contributed by atoms with E-state index in [0.717, 1.165) is 0 Å². The molecule has 0 fully saturated rings. The van der Waals surface area contributed by atoms with Gasteiger partial charge in [-0.05, 0) is 19.1 Å². The maximum atomic E-state index is 11.9. The van der Waals surface area contributed by atoms with Gasteiger partial charge >= 0.3 is 0 Å². The van der Waals surface area contributed by atoms with Gasteiger partial charge in [-0.1, -0.05) is 12.1 Å². The SMILES string of the molecule is Cc1nc2ccccc2nc1S(=O)(=O)CCCl. The molecular formula is C11H11ClN2O2S. The van der Waals surface area contributed by atoms with Gasteiger partial charge in [-0.25, -0.2) is 18.4 Å². The topological polar surface area (TPSA) is 59.9 Å². The second-order valence-electron chi connectivity index (χ2n) is 3.61. The second kappa shape index (κ2) is 4.58. The molecule has 1 aromatic heterocycles. The van der Waals surface area contributed by atoms with E-state index in [-0.39, 0.29) is 16.7 Å². The molecule has 0 aliphatic heterocycles. The van der Waals surface area contributed by atoms with E-state index in [4.69, 9.17) is 11.6 Å². The molecule has 1 heterocycles. The van der Waals surface area contributed by atoms with Crippen LogP contribution in [0.2, 0.25) is 0 Å². The van der Waals surface area contributed by atoms with E-state index in [2.05, 4.69) is 9.97 Å². The number of benzene rings is 1. The molecule has 0 amide bonds. The first-order chi connectivity index (χ1) is 8.04. The fraction of sp³-hybridized carbons (Fsp3) is 0.273. The molecule has 0 radical (unpaired) electrons. The third-order valence-electron chi connectivity index (χ3n) is 2.34. The van der Waals surface area contributed by atoms with Crippen molar-refractivity contribution >= 4 is 32.5 Å². The fourth-order valence-corrected chi connectivity index (χ4v) is 3.30. The van der Waals surface area contributed by atoms with Crippen LogP contribution in [-0.4, -0.2) is 30.0 Å². The van der Waals surface area contributed by atoms with Gasteiger partial charge in [0.2, 0.25) is 0 Å². The summed E-state index contributed by atoms with van der Waals surface area (Å²) in [6.07, 6.45) is 0. The molecule has 0 N–H and O–H groups in total. The van der Waals surface area contributed by atoms with E-state index in [1.807, 2.05) is 6.07 Å². The van der Waals surface area contributed by atoms with Crippen molar-refractivity contribution < 1.29 is 8.42 Å². The zero-order chi connectivity index (χ0) is 12.5. The largest absolute Gasteiger partial charge is 0.248 e. The molecule has 0 aliphatic rings. The molecule has 0 saturated carbocycles. The van der Waals surface area contributed by atoms with Gasteiger partial charge in [-0.15, -0.1) is 11.6 Å². The van der Waals surface area contributed by atoms with E-state index in [9.17, 15) is 8.42 Å². The third-order valence-corrected chi connectivity index (χ3v) is 4.47. The lowest BCUT2D eigenvalue weighted by atomic mass is 10.3. The van der Waals surface area contributed by atoms with Crippen LogP contribution in [0.4, 0.5) is 0 Å². The lowest BCUT2D eigenvalue weighted by Gasteiger charge is -2.06. The number of halogens is 1. The molecule has 1 aromatic carbocycles. The standard InChI is InChI=1S/C11H11ClN2O2S/c1-8-11(17(15,16)7-6-12)14-10-5-3-2-4-9(10)13-8/h2-5H,6-7H2,1H3. The van der Waals surface area contributed by atoms with Crippen molar-refractivity contribution in [1.82, 2.24) is 9.97 Å². The average Bonchev–Trinajstić information content (AvgIpc) is 2.27. The number of fused-ring (bicyclic) bond motifs is 1. The summed E-state index contributed by atoms with van der Waals surface area (Å²) in [6, 6.07) is 7.17. The van der Waals surface area contributed by atoms with E-state index in [1.54, 1.807) is 25.1 Å². The molecule has 0 bridgehead atoms. The molecule has 0 aliphatic carbocycles. The summed E-state index contributed by atoms with van der Waals surface area (Å²) in [4.78, 5) is 8.40. The van der Waals surface area contributed by atoms with Crippen molar-refractivity contribution in [3.63, 3.8) is 0 Å². The van der Waals surface area contributed by atoms with E-state index in [1.165, 1.54) is 0 Å². The van der Waals surface area contributed by atoms with Gasteiger partial charge in [0.05, 0.1) is 22.5 Å². The average molecular weight is 271 g/mol. The highest BCUT2D eigenvalue weighted by Gasteiger charge is 2.19. The molecule has 2 aromatic rings. The van der Waals surface area contributed by atoms with Gasteiger partial charge < -0.3 is 0 Å². The van der Waals surface area contributed by atoms with Crippen molar-refractivity contribution in [2.75, 3.05) is 11.6 Å². The van der Waals surface area contributed by atoms with Crippen LogP contribution in [0.5, 0.6) is 0 Å². The fourth-order valence-electron chi connectivity index (χ4n) is 1.56. The van der Waals surface area contributed by atoms with Crippen LogP contribution in [0, 0.1) is 6.92 Å². The highest BCUT2D eigenvalue weighted by atomic mass is 35.5. The van der Waals surface area contributed by atoms with Gasteiger partial charge in [0.1, 0.15) is 0 Å². The van der Waals surface area contributed by atoms with Crippen molar-refractivity contribution in [3.8, 4) is 0 Å². The molecule has 90 valence electrons. The Kier molecular flexibility index (Phi) is 3.31. The molecule has 17 heavy (non-hydrogen) atoms. The minimum atomic E-state index is -3.44. The minimum Gasteiger partial charge on any atom is -0.248 e. The number of rotatable bonds is 3. The van der Waals surface area contributed by atoms with E-state index < -0.39 is 9.84 Å². The van der Waals surface area contributed by atoms with Crippen LogP contribution in [0.3, 0.4) is 0 Å². The predicted molar refractivity (Wildman–Crippen MR) is 67.0 cm³/mol. The Bertz CT molecular complexity index is 656. The number of sulfone groups is 1. The number of nitrogens with zero attached hydrogens (tertiary/aromatic N) is 2. The van der Waals surface area contributed by atoms with Gasteiger partial charge in [-0.2, -0.15) is 0 Å². The maximum Gasteiger partial charge on any atom is 0.198 e. The van der Waals surface area contributed by atoms with Gasteiger partial charge in [0, 0.05) is 5.88 Å². The monoisotopic (exact) mass is 270 g/mol.